The molecule has 4 amide bonds. The lowest BCUT2D eigenvalue weighted by atomic mass is 9.78. The minimum absolute atomic E-state index is 0.0873. The van der Waals surface area contributed by atoms with Gasteiger partial charge in [-0.2, -0.15) is 0 Å². The number of ketones is 1. The summed E-state index contributed by atoms with van der Waals surface area (Å²) in [4.78, 5) is 73.3. The molecule has 7 rings (SSSR count). The molecule has 2 fully saturated rings. The first kappa shape index (κ1) is 35.5. The zero-order valence-corrected chi connectivity index (χ0v) is 30.0. The highest BCUT2D eigenvalue weighted by atomic mass is 16.5. The van der Waals surface area contributed by atoms with Crippen LogP contribution in [0.4, 0.5) is 5.69 Å². The molecule has 3 aliphatic rings. The van der Waals surface area contributed by atoms with Crippen molar-refractivity contribution in [2.24, 2.45) is 5.92 Å². The summed E-state index contributed by atoms with van der Waals surface area (Å²) >= 11 is 0. The number of carbonyl (C=O) groups is 5. The summed E-state index contributed by atoms with van der Waals surface area (Å²) in [6.45, 7) is 8.20. The largest absolute Gasteiger partial charge is 0.493 e. The lowest BCUT2D eigenvalue weighted by molar-refractivity contribution is -0.136. The molecule has 3 aromatic carbocycles. The Labute approximate surface area is 307 Å². The van der Waals surface area contributed by atoms with E-state index in [0.717, 1.165) is 53.4 Å². The summed E-state index contributed by atoms with van der Waals surface area (Å²) in [7, 11) is 0. The van der Waals surface area contributed by atoms with E-state index < -0.39 is 29.7 Å². The van der Waals surface area contributed by atoms with Crippen molar-refractivity contribution in [1.82, 2.24) is 20.2 Å². The SMILES string of the molecule is CC(=O)c1nccc(COc2ccc(C(C)(C)c3ccc(OCC4CCN(c5ccc6c(c5)C(=O)N(C5CCC(=O)NC5=O)C6=O)CC4)cc3)cc2)n1. The van der Waals surface area contributed by atoms with Crippen molar-refractivity contribution >= 4 is 35.1 Å². The molecule has 1 N–H and O–H groups in total. The van der Waals surface area contributed by atoms with Crippen molar-refractivity contribution < 1.29 is 33.4 Å². The third-order valence-electron chi connectivity index (χ3n) is 10.5. The van der Waals surface area contributed by atoms with E-state index in [4.69, 9.17) is 9.47 Å². The Morgan fingerprint density at radius 1 is 0.830 bits per heavy atom. The second-order valence-corrected chi connectivity index (χ2v) is 14.3. The molecule has 0 bridgehead atoms. The van der Waals surface area contributed by atoms with Gasteiger partial charge in [0.2, 0.25) is 11.8 Å². The van der Waals surface area contributed by atoms with Crippen molar-refractivity contribution in [1.29, 1.82) is 0 Å². The van der Waals surface area contributed by atoms with Crippen LogP contribution in [-0.4, -0.2) is 70.0 Å². The molecule has 1 atom stereocenters. The zero-order chi connectivity index (χ0) is 37.3. The van der Waals surface area contributed by atoms with E-state index in [0.29, 0.717) is 29.5 Å². The summed E-state index contributed by atoms with van der Waals surface area (Å²) in [5, 5.41) is 2.23. The topological polar surface area (TPSA) is 148 Å². The monoisotopic (exact) mass is 715 g/mol. The van der Waals surface area contributed by atoms with Gasteiger partial charge in [-0.15, -0.1) is 0 Å². The van der Waals surface area contributed by atoms with Gasteiger partial charge in [-0.1, -0.05) is 38.1 Å². The number of fused-ring (bicyclic) bond motifs is 1. The Bertz CT molecular complexity index is 2070. The quantitative estimate of drug-likeness (QED) is 0.161. The number of carbonyl (C=O) groups excluding carboxylic acids is 5. The molecule has 272 valence electrons. The molecule has 0 spiro atoms. The van der Waals surface area contributed by atoms with Crippen LogP contribution in [0.2, 0.25) is 0 Å². The molecule has 2 saturated heterocycles. The number of hydrogen-bond donors (Lipinski definition) is 1. The van der Waals surface area contributed by atoms with Crippen molar-refractivity contribution in [2.45, 2.75) is 64.5 Å². The molecule has 12 nitrogen and oxygen atoms in total. The van der Waals surface area contributed by atoms with Gasteiger partial charge in [0.25, 0.3) is 11.8 Å². The number of Topliss-reactive ketones (excluding diaryl/α,β-unsaturated/α-hetero) is 1. The number of imide groups is 2. The summed E-state index contributed by atoms with van der Waals surface area (Å²) in [5.41, 5.74) is 4.11. The number of nitrogens with zero attached hydrogens (tertiary/aromatic N) is 4. The summed E-state index contributed by atoms with van der Waals surface area (Å²) in [5.74, 6) is -0.120. The maximum Gasteiger partial charge on any atom is 0.262 e. The smallest absolute Gasteiger partial charge is 0.262 e. The Balaban J connectivity index is 0.894. The number of anilines is 1. The molecule has 3 aliphatic heterocycles. The van der Waals surface area contributed by atoms with Gasteiger partial charge in [0.15, 0.2) is 11.6 Å². The molecule has 4 aromatic rings. The lowest BCUT2D eigenvalue weighted by Crippen LogP contribution is -2.54. The van der Waals surface area contributed by atoms with Crippen LogP contribution in [0.25, 0.3) is 0 Å². The second kappa shape index (κ2) is 14.6. The molecule has 1 aromatic heterocycles. The van der Waals surface area contributed by atoms with Gasteiger partial charge < -0.3 is 14.4 Å². The predicted molar refractivity (Wildman–Crippen MR) is 195 cm³/mol. The number of rotatable bonds is 11. The fraction of sp³-hybridized carbons (Fsp3) is 0.341. The molecule has 12 heteroatoms. The zero-order valence-electron chi connectivity index (χ0n) is 30.0. The third kappa shape index (κ3) is 7.39. The lowest BCUT2D eigenvalue weighted by Gasteiger charge is -2.33. The van der Waals surface area contributed by atoms with Gasteiger partial charge >= 0.3 is 0 Å². The predicted octanol–water partition coefficient (Wildman–Crippen LogP) is 5.28. The Morgan fingerprint density at radius 2 is 1.47 bits per heavy atom. The first-order valence-electron chi connectivity index (χ1n) is 17.9. The summed E-state index contributed by atoms with van der Waals surface area (Å²) in [6, 6.07) is 22.3. The van der Waals surface area contributed by atoms with Crippen LogP contribution in [-0.2, 0) is 21.6 Å². The third-order valence-corrected chi connectivity index (χ3v) is 10.5. The number of amides is 4. The molecular weight excluding hydrogens is 674 g/mol. The van der Waals surface area contributed by atoms with Crippen molar-refractivity contribution in [3.63, 3.8) is 0 Å². The standard InChI is InChI=1S/C41H41N5O7/c1-25(47)37-42-19-16-29(43-37)24-53-32-11-6-28(7-12-32)41(2,3)27-4-9-31(10-5-27)52-23-26-17-20-45(21-18-26)30-8-13-33-34(22-30)40(51)46(39(33)50)35-14-15-36(48)44-38(35)49/h4-13,16,19,22,26,35H,14-15,17-18,20-21,23-24H2,1-3H3,(H,44,48,49). The molecule has 0 aliphatic carbocycles. The minimum atomic E-state index is -0.978. The Morgan fingerprint density at radius 3 is 2.11 bits per heavy atom. The van der Waals surface area contributed by atoms with Crippen LogP contribution >= 0.6 is 0 Å². The number of piperidine rings is 2. The van der Waals surface area contributed by atoms with E-state index in [-0.39, 0.29) is 42.0 Å². The van der Waals surface area contributed by atoms with Crippen LogP contribution in [0.1, 0.15) is 94.6 Å². The van der Waals surface area contributed by atoms with E-state index in [2.05, 4.69) is 58.3 Å². The highest BCUT2D eigenvalue weighted by Crippen LogP contribution is 2.35. The average Bonchev–Trinajstić information content (AvgIpc) is 3.41. The Hall–Kier alpha value is -5.91. The van der Waals surface area contributed by atoms with Crippen molar-refractivity contribution in [2.75, 3.05) is 24.6 Å². The van der Waals surface area contributed by atoms with Crippen LogP contribution < -0.4 is 19.7 Å². The normalized spacial score (nSPS) is 17.8. The Kier molecular flexibility index (Phi) is 9.78. The van der Waals surface area contributed by atoms with Gasteiger partial charge in [-0.3, -0.25) is 34.2 Å². The van der Waals surface area contributed by atoms with Gasteiger partial charge in [0.05, 0.1) is 23.4 Å². The minimum Gasteiger partial charge on any atom is -0.493 e. The molecule has 1 unspecified atom stereocenters. The van der Waals surface area contributed by atoms with Gasteiger partial charge in [0.1, 0.15) is 24.1 Å². The van der Waals surface area contributed by atoms with Crippen molar-refractivity contribution in [3.8, 4) is 11.5 Å². The highest BCUT2D eigenvalue weighted by Gasteiger charge is 2.44. The second-order valence-electron chi connectivity index (χ2n) is 14.3. The molecule has 53 heavy (non-hydrogen) atoms. The molecule has 0 saturated carbocycles. The van der Waals surface area contributed by atoms with Gasteiger partial charge in [-0.05, 0) is 84.8 Å². The van der Waals surface area contributed by atoms with E-state index in [1.807, 2.05) is 30.3 Å². The first-order valence-corrected chi connectivity index (χ1v) is 17.9. The molecular formula is C41H41N5O7. The maximum atomic E-state index is 13.3. The van der Waals surface area contributed by atoms with E-state index in [1.165, 1.54) is 6.92 Å². The van der Waals surface area contributed by atoms with Gasteiger partial charge in [-0.25, -0.2) is 9.97 Å². The van der Waals surface area contributed by atoms with Crippen molar-refractivity contribution in [3.05, 3.63) is 113 Å². The van der Waals surface area contributed by atoms with E-state index in [9.17, 15) is 24.0 Å². The fourth-order valence-corrected chi connectivity index (χ4v) is 7.13. The van der Waals surface area contributed by atoms with Crippen LogP contribution in [0.3, 0.4) is 0 Å². The van der Waals surface area contributed by atoms with Crippen LogP contribution in [0.5, 0.6) is 11.5 Å². The number of ether oxygens (including phenoxy) is 2. The number of hydrogen-bond acceptors (Lipinski definition) is 10. The molecule has 4 heterocycles. The highest BCUT2D eigenvalue weighted by molar-refractivity contribution is 6.23. The molecule has 0 radical (unpaired) electrons. The maximum absolute atomic E-state index is 13.3. The van der Waals surface area contributed by atoms with E-state index >= 15 is 0 Å². The number of nitrogens with one attached hydrogen (secondary N) is 1. The summed E-state index contributed by atoms with van der Waals surface area (Å²) < 4.78 is 12.1. The number of aromatic nitrogens is 2. The van der Waals surface area contributed by atoms with Crippen LogP contribution in [0.15, 0.2) is 79.0 Å². The fourth-order valence-electron chi connectivity index (χ4n) is 7.13. The first-order chi connectivity index (χ1) is 25.5. The van der Waals surface area contributed by atoms with Gasteiger partial charge in [0, 0.05) is 43.7 Å². The van der Waals surface area contributed by atoms with Crippen LogP contribution in [0, 0.1) is 5.92 Å². The van der Waals surface area contributed by atoms with E-state index in [1.54, 1.807) is 24.4 Å². The summed E-state index contributed by atoms with van der Waals surface area (Å²) in [6.07, 6.45) is 3.60. The number of benzene rings is 3. The average molecular weight is 716 g/mol.